The van der Waals surface area contributed by atoms with Crippen molar-refractivity contribution in [1.82, 2.24) is 25.3 Å². The number of ether oxygens (including phenoxy) is 1. The molecule has 0 aliphatic carbocycles. The quantitative estimate of drug-likeness (QED) is 0.0803. The van der Waals surface area contributed by atoms with Gasteiger partial charge in [-0.15, -0.1) is 0 Å². The van der Waals surface area contributed by atoms with E-state index in [4.69, 9.17) is 16.2 Å². The van der Waals surface area contributed by atoms with Gasteiger partial charge in [0.15, 0.2) is 0 Å². The molecule has 5 aliphatic rings. The lowest BCUT2D eigenvalue weighted by atomic mass is 9.88. The minimum Gasteiger partial charge on any atom is -0.404 e. The molecule has 0 saturated carbocycles. The number of aliphatic imine (C=N–C) groups is 1. The van der Waals surface area contributed by atoms with Gasteiger partial charge in [-0.1, -0.05) is 6.07 Å². The number of imide groups is 1. The van der Waals surface area contributed by atoms with Crippen LogP contribution in [0.2, 0.25) is 0 Å². The number of halogens is 2. The number of nitrogens with two attached hydrogens (primary N) is 2. The number of anilines is 1. The first-order valence-electron chi connectivity index (χ1n) is 23.2. The van der Waals surface area contributed by atoms with Crippen LogP contribution < -0.4 is 27.4 Å². The van der Waals surface area contributed by atoms with E-state index >= 15 is 0 Å². The van der Waals surface area contributed by atoms with Gasteiger partial charge in [0.05, 0.1) is 35.5 Å². The largest absolute Gasteiger partial charge is 0.466 e. The number of carbonyl (C=O) groups is 4. The van der Waals surface area contributed by atoms with Crippen molar-refractivity contribution in [3.63, 3.8) is 0 Å². The maximum atomic E-state index is 14.6. The van der Waals surface area contributed by atoms with Gasteiger partial charge in [-0.05, 0) is 93.1 Å². The van der Waals surface area contributed by atoms with Crippen LogP contribution in [0.3, 0.4) is 0 Å². The molecule has 4 amide bonds. The predicted molar refractivity (Wildman–Crippen MR) is 247 cm³/mol. The second-order valence-electron chi connectivity index (χ2n) is 18.1. The van der Waals surface area contributed by atoms with E-state index in [0.717, 1.165) is 70.5 Å². The molecule has 4 saturated heterocycles. The summed E-state index contributed by atoms with van der Waals surface area (Å²) < 4.78 is 37.5. The van der Waals surface area contributed by atoms with Crippen LogP contribution >= 0.6 is 0 Å². The summed E-state index contributed by atoms with van der Waals surface area (Å²) in [6, 6.07) is 7.47. The molecule has 4 unspecified atom stereocenters. The number of benzene rings is 2. The molecule has 66 heavy (non-hydrogen) atoms. The Balaban J connectivity index is 0.923. The molecule has 0 radical (unpaired) electrons. The Kier molecular flexibility index (Phi) is 16.0. The molecule has 7 N–H and O–H groups in total. The average molecular weight is 918 g/mol. The van der Waals surface area contributed by atoms with Gasteiger partial charge in [0.1, 0.15) is 5.69 Å². The number of hydrogen-bond acceptors (Lipinski definition) is 12. The van der Waals surface area contributed by atoms with Gasteiger partial charge < -0.3 is 30.9 Å². The van der Waals surface area contributed by atoms with E-state index in [9.17, 15) is 32.9 Å². The second kappa shape index (κ2) is 21.9. The fourth-order valence-corrected chi connectivity index (χ4v) is 10.1. The van der Waals surface area contributed by atoms with E-state index in [1.54, 1.807) is 45.2 Å². The molecule has 0 bridgehead atoms. The van der Waals surface area contributed by atoms with Gasteiger partial charge in [0.25, 0.3) is 18.3 Å². The van der Waals surface area contributed by atoms with E-state index < -0.39 is 30.2 Å². The molecule has 0 aromatic heterocycles. The van der Waals surface area contributed by atoms with Crippen LogP contribution in [0.15, 0.2) is 41.5 Å². The minimum atomic E-state index is -2.73. The molecule has 356 valence electrons. The highest BCUT2D eigenvalue weighted by Gasteiger charge is 2.44. The van der Waals surface area contributed by atoms with Crippen molar-refractivity contribution in [2.45, 2.75) is 89.4 Å². The molecule has 2 aromatic rings. The summed E-state index contributed by atoms with van der Waals surface area (Å²) in [4.78, 5) is 73.3. The maximum Gasteiger partial charge on any atom is 0.466 e. The Morgan fingerprint density at radius 1 is 1.05 bits per heavy atom. The number of aryl methyl sites for hydroxylation is 1. The number of likely N-dealkylation sites (tertiary alicyclic amines) is 2. The Hall–Kier alpha value is -5.50. The number of nitrogens with one attached hydrogen (secondary N) is 3. The number of morpholine rings is 1. The van der Waals surface area contributed by atoms with E-state index in [1.165, 1.54) is 12.4 Å². The van der Waals surface area contributed by atoms with E-state index in [2.05, 4.69) is 30.7 Å². The summed E-state index contributed by atoms with van der Waals surface area (Å²) >= 11 is 0. The normalized spacial score (nSPS) is 24.6. The number of amidine groups is 1. The molecule has 4 atom stereocenters. The molecule has 5 aliphatic heterocycles. The molecule has 7 rings (SSSR count). The van der Waals surface area contributed by atoms with Crippen molar-refractivity contribution < 1.29 is 42.0 Å². The highest BCUT2D eigenvalue weighted by molar-refractivity contribution is 6.10. The molecule has 17 nitrogen and oxygen atoms in total. The minimum absolute atomic E-state index is 0.000678. The average Bonchev–Trinajstić information content (AvgIpc) is 3.31. The van der Waals surface area contributed by atoms with Gasteiger partial charge in [-0.25, -0.2) is 18.2 Å². The van der Waals surface area contributed by atoms with Gasteiger partial charge in [-0.3, -0.25) is 35.3 Å². The van der Waals surface area contributed by atoms with Crippen molar-refractivity contribution in [2.75, 3.05) is 84.4 Å². The monoisotopic (exact) mass is 918 g/mol. The number of fused-ring (bicyclic) bond motifs is 1. The van der Waals surface area contributed by atoms with Crippen molar-refractivity contribution in [1.29, 1.82) is 0 Å². The summed E-state index contributed by atoms with van der Waals surface area (Å²) in [6.45, 7) is 11.3. The highest BCUT2D eigenvalue weighted by Crippen LogP contribution is 2.37. The maximum absolute atomic E-state index is 14.6. The number of nitrogens with zero attached hydrogens (tertiary/aromatic N) is 6. The Labute approximate surface area is 384 Å². The summed E-state index contributed by atoms with van der Waals surface area (Å²) in [5.41, 5.74) is 16.7. The number of carbonyl (C=O) groups excluding carboxylic acids is 4. The van der Waals surface area contributed by atoms with Crippen LogP contribution in [0.5, 0.6) is 0 Å². The highest BCUT2D eigenvalue weighted by atomic mass is 19.3. The molecule has 4 fully saturated rings. The van der Waals surface area contributed by atoms with E-state index in [0.29, 0.717) is 73.1 Å². The van der Waals surface area contributed by atoms with Crippen molar-refractivity contribution in [3.05, 3.63) is 69.3 Å². The number of hydrogen-bond donors (Lipinski definition) is 5. The molecule has 0 spiro atoms. The first-order valence-corrected chi connectivity index (χ1v) is 23.2. The first kappa shape index (κ1) is 48.4. The van der Waals surface area contributed by atoms with Gasteiger partial charge in [0, 0.05) is 119 Å². The first-order chi connectivity index (χ1) is 31.8. The number of nitroso groups, excluding NO2 is 1. The third-order valence-electron chi connectivity index (χ3n) is 13.9. The fraction of sp³-hybridized carbons (Fsp3) is 0.574. The molecule has 2 aromatic carbocycles. The molecule has 5 heterocycles. The summed E-state index contributed by atoms with van der Waals surface area (Å²) in [6.07, 6.45) is 4.11. The van der Waals surface area contributed by atoms with Crippen LogP contribution in [0.25, 0.3) is 5.57 Å². The van der Waals surface area contributed by atoms with Crippen molar-refractivity contribution in [3.8, 4) is 0 Å². The smallest absolute Gasteiger partial charge is 0.404 e. The Morgan fingerprint density at radius 3 is 2.53 bits per heavy atom. The van der Waals surface area contributed by atoms with Crippen LogP contribution in [-0.2, 0) is 25.5 Å². The predicted octanol–water partition coefficient (Wildman–Crippen LogP) is 2.71. The zero-order valence-corrected chi connectivity index (χ0v) is 38.3. The van der Waals surface area contributed by atoms with Crippen LogP contribution in [0.1, 0.15) is 84.5 Å². The molecular formula is C47H65F2N11O6+2. The summed E-state index contributed by atoms with van der Waals surface area (Å²) in [5, 5.41) is 9.47. The lowest BCUT2D eigenvalue weighted by molar-refractivity contribution is -0.480. The third kappa shape index (κ3) is 11.2. The Morgan fingerprint density at radius 2 is 1.82 bits per heavy atom. The topological polar surface area (TPSA) is 211 Å². The lowest BCUT2D eigenvalue weighted by Gasteiger charge is -2.41. The van der Waals surface area contributed by atoms with Crippen molar-refractivity contribution in [2.24, 2.45) is 22.4 Å². The van der Waals surface area contributed by atoms with Crippen LogP contribution in [0.4, 0.5) is 20.2 Å². The Bertz CT molecular complexity index is 2260. The SMILES string of the molecule is CN=C/C(=C\N)c1cc2c(cc1C(F)F)[N+](=C(N)C1CN(C(C)=O)CCC1NC1CCN(CCN3CCOC(CNc4cccc(C(=O)[N+](=O)C5CCC(=O)NC5=O)c4C)C3)CC1)CCC2. The summed E-state index contributed by atoms with van der Waals surface area (Å²) in [5.74, 6) is -1.67. The number of alkyl halides is 2. The van der Waals surface area contributed by atoms with Gasteiger partial charge in [0.2, 0.25) is 11.8 Å². The van der Waals surface area contributed by atoms with Crippen molar-refractivity contribution >= 4 is 52.6 Å². The van der Waals surface area contributed by atoms with Crippen LogP contribution in [0, 0.1) is 17.7 Å². The fourth-order valence-electron chi connectivity index (χ4n) is 10.1. The molecule has 19 heteroatoms. The van der Waals surface area contributed by atoms with Gasteiger partial charge in [-0.2, -0.15) is 0 Å². The van der Waals surface area contributed by atoms with E-state index in [-0.39, 0.29) is 58.7 Å². The standard InChI is InChI=1S/C47H63F2N11O6/c1-29-35(47(64)60(65)41-9-10-43(62)55-46(41)63)7-4-8-39(29)53-26-34-27-57(20-21-66-34)19-18-56-15-11-33(12-16-56)54-40-13-17-58(30(2)61)28-38(40)45(51)59-14-5-6-31-22-36(32(24-50)25-52-3)37(44(48)49)23-42(31)59/h4,7-8,22-25,33-34,38,40-41,44,51,53-54H,5-6,9-21,26-28H2,1-3H3,(H2-,50,52,55,62,63)/p+2. The number of rotatable bonds is 14. The number of piperidine rings is 3. The van der Waals surface area contributed by atoms with Crippen LogP contribution in [-0.4, -0.2) is 163 Å². The zero-order valence-electron chi connectivity index (χ0n) is 38.3. The summed E-state index contributed by atoms with van der Waals surface area (Å²) in [7, 11) is 1.58. The van der Waals surface area contributed by atoms with E-state index in [1.807, 2.05) is 15.5 Å². The number of amides is 4. The number of allylic oxidation sites excluding steroid dienone is 1. The molecular weight excluding hydrogens is 853 g/mol. The second-order valence-corrected chi connectivity index (χ2v) is 18.1. The zero-order chi connectivity index (χ0) is 47.1. The third-order valence-corrected chi connectivity index (χ3v) is 13.9. The lowest BCUT2D eigenvalue weighted by Crippen LogP contribution is -2.59. The van der Waals surface area contributed by atoms with Gasteiger partial charge >= 0.3 is 11.8 Å².